The van der Waals surface area contributed by atoms with E-state index >= 15 is 0 Å². The van der Waals surface area contributed by atoms with Crippen LogP contribution in [0.1, 0.15) is 55.8 Å². The Bertz CT molecular complexity index is 538. The van der Waals surface area contributed by atoms with Crippen molar-refractivity contribution < 1.29 is 19.4 Å². The summed E-state index contributed by atoms with van der Waals surface area (Å²) in [5.74, 6) is -0.0840. The maximum Gasteiger partial charge on any atom is 0.341 e. The second-order valence-electron chi connectivity index (χ2n) is 6.32. The van der Waals surface area contributed by atoms with Crippen molar-refractivity contribution in [1.82, 2.24) is 5.32 Å². The Balaban J connectivity index is 1.86. The van der Waals surface area contributed by atoms with E-state index in [2.05, 4.69) is 5.32 Å². The lowest BCUT2D eigenvalue weighted by molar-refractivity contribution is -0.139. The van der Waals surface area contributed by atoms with E-state index in [4.69, 9.17) is 9.84 Å². The van der Waals surface area contributed by atoms with Crippen LogP contribution in [0.25, 0.3) is 0 Å². The summed E-state index contributed by atoms with van der Waals surface area (Å²) in [5, 5.41) is 11.6. The summed E-state index contributed by atoms with van der Waals surface area (Å²) in [7, 11) is 0. The average Bonchev–Trinajstić information content (AvgIpc) is 2.54. The summed E-state index contributed by atoms with van der Waals surface area (Å²) >= 11 is 0. The smallest absolute Gasteiger partial charge is 0.341 e. The van der Waals surface area contributed by atoms with Gasteiger partial charge in [-0.1, -0.05) is 38.2 Å². The second kappa shape index (κ2) is 8.56. The molecule has 1 fully saturated rings. The first-order valence-corrected chi connectivity index (χ1v) is 8.30. The van der Waals surface area contributed by atoms with E-state index < -0.39 is 12.6 Å². The van der Waals surface area contributed by atoms with Gasteiger partial charge in [0, 0.05) is 11.6 Å². The Morgan fingerprint density at radius 3 is 2.74 bits per heavy atom. The molecule has 1 aliphatic carbocycles. The number of benzene rings is 1. The standard InChI is InChI=1S/C18H25NO4/c1-13(10-14-6-3-2-4-7-14)19-18(22)15-8-5-9-16(11-15)23-12-17(20)21/h5,8-9,11,13-14H,2-4,6-7,10,12H2,1H3,(H,19,22)(H,20,21)/t13-/m1/s1. The van der Waals surface area contributed by atoms with Crippen molar-refractivity contribution >= 4 is 11.9 Å². The SMILES string of the molecule is C[C@H](CC1CCCCC1)NC(=O)c1cccc(OCC(=O)O)c1. The first kappa shape index (κ1) is 17.3. The van der Waals surface area contributed by atoms with Gasteiger partial charge in [-0.25, -0.2) is 4.79 Å². The molecule has 0 spiro atoms. The third-order valence-electron chi connectivity index (χ3n) is 4.25. The molecule has 1 amide bonds. The van der Waals surface area contributed by atoms with E-state index in [0.717, 1.165) is 6.42 Å². The second-order valence-corrected chi connectivity index (χ2v) is 6.32. The molecule has 0 heterocycles. The zero-order valence-corrected chi connectivity index (χ0v) is 13.6. The molecule has 0 unspecified atom stereocenters. The van der Waals surface area contributed by atoms with Crippen molar-refractivity contribution in [3.63, 3.8) is 0 Å². The van der Waals surface area contributed by atoms with Crippen LogP contribution in [0.4, 0.5) is 0 Å². The molecule has 0 bridgehead atoms. The van der Waals surface area contributed by atoms with Gasteiger partial charge in [0.05, 0.1) is 0 Å². The predicted molar refractivity (Wildman–Crippen MR) is 87.7 cm³/mol. The summed E-state index contributed by atoms with van der Waals surface area (Å²) < 4.78 is 5.11. The number of carboxylic acids is 1. The number of carboxylic acid groups (broad SMARTS) is 1. The van der Waals surface area contributed by atoms with Crippen molar-refractivity contribution in [2.24, 2.45) is 5.92 Å². The maximum atomic E-state index is 12.3. The molecule has 0 aliphatic heterocycles. The number of carbonyl (C=O) groups is 2. The highest BCUT2D eigenvalue weighted by molar-refractivity contribution is 5.94. The van der Waals surface area contributed by atoms with Gasteiger partial charge in [0.15, 0.2) is 6.61 Å². The monoisotopic (exact) mass is 319 g/mol. The molecule has 2 rings (SSSR count). The van der Waals surface area contributed by atoms with Crippen molar-refractivity contribution in [2.45, 2.75) is 51.5 Å². The summed E-state index contributed by atoms with van der Waals surface area (Å²) in [6.45, 7) is 1.63. The third kappa shape index (κ3) is 5.93. The number of carbonyl (C=O) groups excluding carboxylic acids is 1. The summed E-state index contributed by atoms with van der Waals surface area (Å²) in [6.07, 6.45) is 7.47. The number of amides is 1. The zero-order chi connectivity index (χ0) is 16.7. The van der Waals surface area contributed by atoms with Crippen molar-refractivity contribution in [3.05, 3.63) is 29.8 Å². The van der Waals surface area contributed by atoms with Gasteiger partial charge in [-0.15, -0.1) is 0 Å². The first-order valence-electron chi connectivity index (χ1n) is 8.30. The molecular weight excluding hydrogens is 294 g/mol. The largest absolute Gasteiger partial charge is 0.482 e. The minimum Gasteiger partial charge on any atom is -0.482 e. The van der Waals surface area contributed by atoms with Crippen LogP contribution in [0.2, 0.25) is 0 Å². The van der Waals surface area contributed by atoms with Crippen molar-refractivity contribution in [2.75, 3.05) is 6.61 Å². The highest BCUT2D eigenvalue weighted by Gasteiger charge is 2.18. The fourth-order valence-electron chi connectivity index (χ4n) is 3.16. The zero-order valence-electron chi connectivity index (χ0n) is 13.6. The fraction of sp³-hybridized carbons (Fsp3) is 0.556. The molecule has 1 aromatic carbocycles. The van der Waals surface area contributed by atoms with Crippen molar-refractivity contribution in [3.8, 4) is 5.75 Å². The molecule has 1 aromatic rings. The predicted octanol–water partition coefficient (Wildman–Crippen LogP) is 3.24. The quantitative estimate of drug-likeness (QED) is 0.809. The van der Waals surface area contributed by atoms with Crippen LogP contribution in [-0.2, 0) is 4.79 Å². The number of ether oxygens (including phenoxy) is 1. The number of hydrogen-bond acceptors (Lipinski definition) is 3. The van der Waals surface area contributed by atoms with Gasteiger partial charge in [-0.05, 0) is 37.5 Å². The summed E-state index contributed by atoms with van der Waals surface area (Å²) in [5.41, 5.74) is 0.489. The Kier molecular flexibility index (Phi) is 6.44. The van der Waals surface area contributed by atoms with Gasteiger partial charge in [-0.2, -0.15) is 0 Å². The average molecular weight is 319 g/mol. The molecule has 5 heteroatoms. The molecule has 126 valence electrons. The number of hydrogen-bond donors (Lipinski definition) is 2. The van der Waals surface area contributed by atoms with E-state index in [1.165, 1.54) is 32.1 Å². The molecule has 2 N–H and O–H groups in total. The number of rotatable bonds is 7. The Morgan fingerprint density at radius 1 is 1.30 bits per heavy atom. The van der Waals surface area contributed by atoms with Crippen LogP contribution >= 0.6 is 0 Å². The molecule has 1 atom stereocenters. The first-order chi connectivity index (χ1) is 11.0. The molecule has 23 heavy (non-hydrogen) atoms. The highest BCUT2D eigenvalue weighted by Crippen LogP contribution is 2.27. The van der Waals surface area contributed by atoms with Crippen LogP contribution in [0.3, 0.4) is 0 Å². The molecule has 5 nitrogen and oxygen atoms in total. The Morgan fingerprint density at radius 2 is 2.04 bits per heavy atom. The molecule has 0 aromatic heterocycles. The lowest BCUT2D eigenvalue weighted by Gasteiger charge is -2.25. The molecule has 0 radical (unpaired) electrons. The summed E-state index contributed by atoms with van der Waals surface area (Å²) in [4.78, 5) is 22.8. The van der Waals surface area contributed by atoms with Crippen LogP contribution in [0.5, 0.6) is 5.75 Å². The maximum absolute atomic E-state index is 12.3. The van der Waals surface area contributed by atoms with Gasteiger partial charge >= 0.3 is 5.97 Å². The van der Waals surface area contributed by atoms with Crippen LogP contribution in [-0.4, -0.2) is 29.6 Å². The fourth-order valence-corrected chi connectivity index (χ4v) is 3.16. The molecular formula is C18H25NO4. The summed E-state index contributed by atoms with van der Waals surface area (Å²) in [6, 6.07) is 6.75. The van der Waals surface area contributed by atoms with Crippen LogP contribution in [0.15, 0.2) is 24.3 Å². The molecule has 1 saturated carbocycles. The van der Waals surface area contributed by atoms with Gasteiger partial charge in [0.1, 0.15) is 5.75 Å². The minimum atomic E-state index is -1.04. The minimum absolute atomic E-state index is 0.134. The van der Waals surface area contributed by atoms with Crippen molar-refractivity contribution in [1.29, 1.82) is 0 Å². The van der Waals surface area contributed by atoms with E-state index in [-0.39, 0.29) is 11.9 Å². The lowest BCUT2D eigenvalue weighted by atomic mass is 9.85. The molecule has 0 saturated heterocycles. The van der Waals surface area contributed by atoms with Crippen LogP contribution in [0, 0.1) is 5.92 Å². The third-order valence-corrected chi connectivity index (χ3v) is 4.25. The van der Waals surface area contributed by atoms with Gasteiger partial charge in [0.2, 0.25) is 0 Å². The highest BCUT2D eigenvalue weighted by atomic mass is 16.5. The normalized spacial score (nSPS) is 16.6. The van der Waals surface area contributed by atoms with Gasteiger partial charge in [0.25, 0.3) is 5.91 Å². The van der Waals surface area contributed by atoms with Gasteiger partial charge in [-0.3, -0.25) is 4.79 Å². The number of nitrogens with one attached hydrogen (secondary N) is 1. The molecule has 1 aliphatic rings. The topological polar surface area (TPSA) is 75.6 Å². The Labute approximate surface area is 137 Å². The number of aliphatic carboxylic acids is 1. The van der Waals surface area contributed by atoms with E-state index in [0.29, 0.717) is 17.2 Å². The van der Waals surface area contributed by atoms with E-state index in [9.17, 15) is 9.59 Å². The van der Waals surface area contributed by atoms with Crippen LogP contribution < -0.4 is 10.1 Å². The van der Waals surface area contributed by atoms with E-state index in [1.807, 2.05) is 6.92 Å². The van der Waals surface area contributed by atoms with E-state index in [1.54, 1.807) is 24.3 Å². The van der Waals surface area contributed by atoms with Gasteiger partial charge < -0.3 is 15.2 Å². The lowest BCUT2D eigenvalue weighted by Crippen LogP contribution is -2.34. The Hall–Kier alpha value is -2.04.